The molecule has 0 saturated heterocycles. The van der Waals surface area contributed by atoms with Crippen molar-refractivity contribution in [3.05, 3.63) is 29.8 Å². The second-order valence-corrected chi connectivity index (χ2v) is 5.10. The van der Waals surface area contributed by atoms with Crippen molar-refractivity contribution >= 4 is 17.5 Å². The molecule has 0 unspecified atom stereocenters. The van der Waals surface area contributed by atoms with Crippen LogP contribution in [0.2, 0.25) is 0 Å². The van der Waals surface area contributed by atoms with Crippen LogP contribution >= 0.6 is 0 Å². The Kier molecular flexibility index (Phi) is 5.88. The lowest BCUT2D eigenvalue weighted by Crippen LogP contribution is -2.47. The fourth-order valence-electron chi connectivity index (χ4n) is 1.63. The Morgan fingerprint density at radius 2 is 2.10 bits per heavy atom. The minimum absolute atomic E-state index is 0.00476. The highest BCUT2D eigenvalue weighted by molar-refractivity contribution is 5.96. The van der Waals surface area contributed by atoms with E-state index in [0.29, 0.717) is 11.3 Å². The van der Waals surface area contributed by atoms with Gasteiger partial charge in [0.2, 0.25) is 11.8 Å². The van der Waals surface area contributed by atoms with E-state index < -0.39 is 6.04 Å². The molecule has 112 valence electrons. The summed E-state index contributed by atoms with van der Waals surface area (Å²) in [5, 5.41) is 11.4. The van der Waals surface area contributed by atoms with E-state index in [0.717, 1.165) is 0 Å². The van der Waals surface area contributed by atoms with E-state index in [1.165, 1.54) is 4.90 Å². The molecule has 1 aromatic carbocycles. The molecule has 0 spiro atoms. The van der Waals surface area contributed by atoms with E-state index in [2.05, 4.69) is 5.32 Å². The lowest BCUT2D eigenvalue weighted by molar-refractivity contribution is -0.126. The van der Waals surface area contributed by atoms with Gasteiger partial charge in [0.05, 0.1) is 24.2 Å². The number of hydrogen-bond donors (Lipinski definition) is 2. The van der Waals surface area contributed by atoms with Gasteiger partial charge in [-0.2, -0.15) is 5.26 Å². The average Bonchev–Trinajstić information content (AvgIpc) is 2.50. The molecule has 1 atom stereocenters. The summed E-state index contributed by atoms with van der Waals surface area (Å²) >= 11 is 0. The molecule has 0 fully saturated rings. The lowest BCUT2D eigenvalue weighted by Gasteiger charge is -2.19. The number of nitrogens with one attached hydrogen (secondary N) is 1. The number of amides is 2. The van der Waals surface area contributed by atoms with E-state index in [1.54, 1.807) is 31.3 Å². The number of benzene rings is 1. The number of carbonyl (C=O) groups is 2. The second kappa shape index (κ2) is 7.41. The van der Waals surface area contributed by atoms with E-state index in [4.69, 9.17) is 11.0 Å². The predicted octanol–water partition coefficient (Wildman–Crippen LogP) is 0.621. The number of anilines is 1. The molecular weight excluding hydrogens is 268 g/mol. The maximum absolute atomic E-state index is 12.0. The third-order valence-corrected chi connectivity index (χ3v) is 3.17. The Labute approximate surface area is 124 Å². The molecule has 0 saturated carbocycles. The molecule has 0 radical (unpaired) electrons. The first-order chi connectivity index (χ1) is 9.86. The van der Waals surface area contributed by atoms with Gasteiger partial charge in [-0.25, -0.2) is 0 Å². The first-order valence-electron chi connectivity index (χ1n) is 6.66. The number of carbonyl (C=O) groups excluding carboxylic acids is 2. The van der Waals surface area contributed by atoms with Gasteiger partial charge in [-0.3, -0.25) is 9.59 Å². The van der Waals surface area contributed by atoms with Crippen LogP contribution in [0, 0.1) is 17.2 Å². The normalized spacial score (nSPS) is 11.6. The van der Waals surface area contributed by atoms with Crippen molar-refractivity contribution in [3.8, 4) is 6.07 Å². The van der Waals surface area contributed by atoms with Gasteiger partial charge in [0.15, 0.2) is 0 Å². The van der Waals surface area contributed by atoms with Crippen LogP contribution in [0.4, 0.5) is 5.69 Å². The monoisotopic (exact) mass is 288 g/mol. The summed E-state index contributed by atoms with van der Waals surface area (Å²) in [6.45, 7) is 3.55. The Hall–Kier alpha value is -2.39. The topological polar surface area (TPSA) is 99.2 Å². The zero-order valence-corrected chi connectivity index (χ0v) is 12.5. The van der Waals surface area contributed by atoms with E-state index >= 15 is 0 Å². The van der Waals surface area contributed by atoms with E-state index in [9.17, 15) is 9.59 Å². The number of rotatable bonds is 5. The maximum atomic E-state index is 12.0. The quantitative estimate of drug-likeness (QED) is 0.829. The molecule has 1 rings (SSSR count). The summed E-state index contributed by atoms with van der Waals surface area (Å²) in [6.07, 6.45) is 0. The first kappa shape index (κ1) is 16.7. The fraction of sp³-hybridized carbons (Fsp3) is 0.400. The predicted molar refractivity (Wildman–Crippen MR) is 80.4 cm³/mol. The van der Waals surface area contributed by atoms with Gasteiger partial charge in [0, 0.05) is 12.7 Å². The van der Waals surface area contributed by atoms with Crippen LogP contribution in [0.1, 0.15) is 19.4 Å². The molecule has 0 heterocycles. The lowest BCUT2D eigenvalue weighted by atomic mass is 10.1. The standard InChI is InChI=1S/C15H20N4O2/c1-10(2)14(17)15(21)18-9-13(20)19(3)12-6-4-5-11(7-12)8-16/h4-7,10,14H,9,17H2,1-3H3,(H,18,21)/t14-/m0/s1. The van der Waals surface area contributed by atoms with Crippen molar-refractivity contribution in [2.75, 3.05) is 18.5 Å². The van der Waals surface area contributed by atoms with E-state index in [1.807, 2.05) is 19.9 Å². The zero-order valence-electron chi connectivity index (χ0n) is 12.5. The zero-order chi connectivity index (χ0) is 16.0. The molecule has 0 aliphatic heterocycles. The molecule has 1 aromatic rings. The van der Waals surface area contributed by atoms with Crippen molar-refractivity contribution in [3.63, 3.8) is 0 Å². The minimum atomic E-state index is -0.634. The Balaban J connectivity index is 2.63. The summed E-state index contributed by atoms with van der Waals surface area (Å²) in [6, 6.07) is 8.07. The Morgan fingerprint density at radius 1 is 1.43 bits per heavy atom. The number of nitriles is 1. The summed E-state index contributed by atoms with van der Waals surface area (Å²) in [5.74, 6) is -0.628. The summed E-state index contributed by atoms with van der Waals surface area (Å²) in [7, 11) is 1.59. The second-order valence-electron chi connectivity index (χ2n) is 5.10. The molecule has 21 heavy (non-hydrogen) atoms. The molecule has 0 aliphatic carbocycles. The molecule has 6 heteroatoms. The van der Waals surface area contributed by atoms with Gasteiger partial charge in [0.25, 0.3) is 0 Å². The number of likely N-dealkylation sites (N-methyl/N-ethyl adjacent to an activating group) is 1. The third kappa shape index (κ3) is 4.58. The van der Waals surface area contributed by atoms with Gasteiger partial charge in [-0.15, -0.1) is 0 Å². The van der Waals surface area contributed by atoms with Crippen LogP contribution in [0.25, 0.3) is 0 Å². The van der Waals surface area contributed by atoms with Crippen molar-refractivity contribution in [2.24, 2.45) is 11.7 Å². The Morgan fingerprint density at radius 3 is 2.67 bits per heavy atom. The Bertz CT molecular complexity index is 563. The van der Waals surface area contributed by atoms with Crippen LogP contribution in [0.5, 0.6) is 0 Å². The van der Waals surface area contributed by atoms with Crippen molar-refractivity contribution in [1.82, 2.24) is 5.32 Å². The van der Waals surface area contributed by atoms with Crippen LogP contribution < -0.4 is 16.0 Å². The average molecular weight is 288 g/mol. The van der Waals surface area contributed by atoms with Gasteiger partial charge < -0.3 is 16.0 Å². The molecule has 6 nitrogen and oxygen atoms in total. The van der Waals surface area contributed by atoms with Crippen LogP contribution in [-0.2, 0) is 9.59 Å². The molecular formula is C15H20N4O2. The SMILES string of the molecule is CC(C)[C@H](N)C(=O)NCC(=O)N(C)c1cccc(C#N)c1. The third-order valence-electron chi connectivity index (χ3n) is 3.17. The summed E-state index contributed by atoms with van der Waals surface area (Å²) < 4.78 is 0. The molecule has 0 aliphatic rings. The van der Waals surface area contributed by atoms with Crippen molar-refractivity contribution in [1.29, 1.82) is 5.26 Å². The summed E-state index contributed by atoms with van der Waals surface area (Å²) in [5.41, 5.74) is 6.77. The van der Waals surface area contributed by atoms with Crippen LogP contribution in [-0.4, -0.2) is 31.4 Å². The van der Waals surface area contributed by atoms with Gasteiger partial charge >= 0.3 is 0 Å². The molecule has 0 aromatic heterocycles. The first-order valence-corrected chi connectivity index (χ1v) is 6.66. The smallest absolute Gasteiger partial charge is 0.246 e. The largest absolute Gasteiger partial charge is 0.346 e. The molecule has 0 bridgehead atoms. The highest BCUT2D eigenvalue weighted by Gasteiger charge is 2.19. The number of hydrogen-bond acceptors (Lipinski definition) is 4. The summed E-state index contributed by atoms with van der Waals surface area (Å²) in [4.78, 5) is 25.1. The molecule has 2 amide bonds. The molecule has 3 N–H and O–H groups in total. The highest BCUT2D eigenvalue weighted by atomic mass is 16.2. The van der Waals surface area contributed by atoms with Gasteiger partial charge in [0.1, 0.15) is 0 Å². The van der Waals surface area contributed by atoms with Crippen molar-refractivity contribution in [2.45, 2.75) is 19.9 Å². The number of nitrogens with zero attached hydrogens (tertiary/aromatic N) is 2. The van der Waals surface area contributed by atoms with Crippen LogP contribution in [0.15, 0.2) is 24.3 Å². The van der Waals surface area contributed by atoms with Gasteiger partial charge in [-0.05, 0) is 24.1 Å². The minimum Gasteiger partial charge on any atom is -0.346 e. The number of nitrogens with two attached hydrogens (primary N) is 1. The van der Waals surface area contributed by atoms with Crippen LogP contribution in [0.3, 0.4) is 0 Å². The highest BCUT2D eigenvalue weighted by Crippen LogP contribution is 2.14. The van der Waals surface area contributed by atoms with E-state index in [-0.39, 0.29) is 24.3 Å². The fourth-order valence-corrected chi connectivity index (χ4v) is 1.63. The van der Waals surface area contributed by atoms with Gasteiger partial charge in [-0.1, -0.05) is 19.9 Å². The van der Waals surface area contributed by atoms with Crippen molar-refractivity contribution < 1.29 is 9.59 Å². The maximum Gasteiger partial charge on any atom is 0.246 e.